The molecule has 0 bridgehead atoms. The standard InChI is InChI=1S/C22H25ClN2O7/c1-13(25-21(27)15-7-5-6-8-16(15)23)22(28)32-12-20(26)24-11-14-9-18(30-3)19(31-4)10-17(14)29-2/h5-10,13H,11-12H2,1-4H3,(H,24,26)(H,25,27)/t13-/m0/s1. The SMILES string of the molecule is COc1cc(OC)c(OC)cc1CNC(=O)COC(=O)[C@H](C)NC(=O)c1ccccc1Cl. The Morgan fingerprint density at radius 2 is 1.59 bits per heavy atom. The lowest BCUT2D eigenvalue weighted by atomic mass is 10.1. The van der Waals surface area contributed by atoms with E-state index in [0.29, 0.717) is 22.8 Å². The molecule has 9 nitrogen and oxygen atoms in total. The second-order valence-electron chi connectivity index (χ2n) is 6.58. The van der Waals surface area contributed by atoms with Crippen molar-refractivity contribution in [2.75, 3.05) is 27.9 Å². The third-order valence-corrected chi connectivity index (χ3v) is 4.76. The molecule has 0 aliphatic heterocycles. The summed E-state index contributed by atoms with van der Waals surface area (Å²) in [7, 11) is 4.50. The van der Waals surface area contributed by atoms with Crippen molar-refractivity contribution in [3.8, 4) is 17.2 Å². The van der Waals surface area contributed by atoms with Gasteiger partial charge in [-0.05, 0) is 25.1 Å². The molecule has 2 rings (SSSR count). The first-order valence-corrected chi connectivity index (χ1v) is 9.96. The van der Waals surface area contributed by atoms with Crippen molar-refractivity contribution in [1.82, 2.24) is 10.6 Å². The fourth-order valence-electron chi connectivity index (χ4n) is 2.72. The molecule has 0 radical (unpaired) electrons. The molecule has 172 valence electrons. The number of rotatable bonds is 10. The van der Waals surface area contributed by atoms with Gasteiger partial charge in [-0.25, -0.2) is 4.79 Å². The Morgan fingerprint density at radius 3 is 2.22 bits per heavy atom. The summed E-state index contributed by atoms with van der Waals surface area (Å²) in [6.07, 6.45) is 0. The van der Waals surface area contributed by atoms with E-state index in [2.05, 4.69) is 10.6 Å². The lowest BCUT2D eigenvalue weighted by Crippen LogP contribution is -2.41. The van der Waals surface area contributed by atoms with E-state index in [1.807, 2.05) is 0 Å². The lowest BCUT2D eigenvalue weighted by molar-refractivity contribution is -0.150. The molecule has 0 aliphatic carbocycles. The fraction of sp³-hybridized carbons (Fsp3) is 0.318. The highest BCUT2D eigenvalue weighted by molar-refractivity contribution is 6.33. The Hall–Kier alpha value is -3.46. The quantitative estimate of drug-likeness (QED) is 0.519. The van der Waals surface area contributed by atoms with Gasteiger partial charge in [-0.2, -0.15) is 0 Å². The van der Waals surface area contributed by atoms with Crippen LogP contribution in [0, 0.1) is 0 Å². The van der Waals surface area contributed by atoms with Crippen LogP contribution in [0.2, 0.25) is 5.02 Å². The highest BCUT2D eigenvalue weighted by Gasteiger charge is 2.20. The number of methoxy groups -OCH3 is 3. The smallest absolute Gasteiger partial charge is 0.328 e. The van der Waals surface area contributed by atoms with Crippen LogP contribution in [0.1, 0.15) is 22.8 Å². The third kappa shape index (κ3) is 6.52. The topological polar surface area (TPSA) is 112 Å². The third-order valence-electron chi connectivity index (χ3n) is 4.43. The van der Waals surface area contributed by atoms with E-state index < -0.39 is 30.4 Å². The predicted octanol–water partition coefficient (Wildman–Crippen LogP) is 2.34. The monoisotopic (exact) mass is 464 g/mol. The van der Waals surface area contributed by atoms with Crippen molar-refractivity contribution in [2.45, 2.75) is 19.5 Å². The molecule has 0 saturated heterocycles. The summed E-state index contributed by atoms with van der Waals surface area (Å²) in [6, 6.07) is 8.79. The molecule has 2 aromatic carbocycles. The normalized spacial score (nSPS) is 11.2. The minimum atomic E-state index is -0.975. The Balaban J connectivity index is 1.87. The molecule has 0 heterocycles. The maximum absolute atomic E-state index is 12.2. The van der Waals surface area contributed by atoms with Crippen LogP contribution in [0.15, 0.2) is 36.4 Å². The van der Waals surface area contributed by atoms with Crippen LogP contribution in [-0.2, 0) is 20.9 Å². The zero-order chi connectivity index (χ0) is 23.7. The molecule has 2 N–H and O–H groups in total. The van der Waals surface area contributed by atoms with Crippen LogP contribution in [-0.4, -0.2) is 51.8 Å². The van der Waals surface area contributed by atoms with E-state index in [1.54, 1.807) is 30.3 Å². The van der Waals surface area contributed by atoms with E-state index >= 15 is 0 Å². The number of benzene rings is 2. The van der Waals surface area contributed by atoms with Crippen molar-refractivity contribution < 1.29 is 33.3 Å². The molecular weight excluding hydrogens is 440 g/mol. The van der Waals surface area contributed by atoms with Crippen LogP contribution < -0.4 is 24.8 Å². The number of ether oxygens (including phenoxy) is 4. The van der Waals surface area contributed by atoms with E-state index in [1.165, 1.54) is 34.3 Å². The highest BCUT2D eigenvalue weighted by atomic mass is 35.5. The fourth-order valence-corrected chi connectivity index (χ4v) is 2.94. The first-order chi connectivity index (χ1) is 15.3. The van der Waals surface area contributed by atoms with Gasteiger partial charge < -0.3 is 29.6 Å². The Labute approximate surface area is 190 Å². The molecule has 0 unspecified atom stereocenters. The van der Waals surface area contributed by atoms with Crippen molar-refractivity contribution >= 4 is 29.4 Å². The van der Waals surface area contributed by atoms with Gasteiger partial charge in [0.2, 0.25) is 0 Å². The molecule has 1 atom stereocenters. The first-order valence-electron chi connectivity index (χ1n) is 9.58. The molecule has 0 fully saturated rings. The van der Waals surface area contributed by atoms with E-state index in [-0.39, 0.29) is 17.1 Å². The van der Waals surface area contributed by atoms with Crippen LogP contribution in [0.5, 0.6) is 17.2 Å². The van der Waals surface area contributed by atoms with Crippen molar-refractivity contribution in [2.24, 2.45) is 0 Å². The average Bonchev–Trinajstić information content (AvgIpc) is 2.80. The summed E-state index contributed by atoms with van der Waals surface area (Å²) in [5.41, 5.74) is 0.876. The average molecular weight is 465 g/mol. The van der Waals surface area contributed by atoms with Crippen LogP contribution >= 0.6 is 11.6 Å². The minimum absolute atomic E-state index is 0.110. The second kappa shape index (κ2) is 11.8. The van der Waals surface area contributed by atoms with Gasteiger partial charge in [0.1, 0.15) is 11.8 Å². The number of hydrogen-bond donors (Lipinski definition) is 2. The van der Waals surface area contributed by atoms with Gasteiger partial charge in [-0.3, -0.25) is 9.59 Å². The number of carbonyl (C=O) groups is 3. The van der Waals surface area contributed by atoms with Gasteiger partial charge in [0.05, 0.1) is 31.9 Å². The Bertz CT molecular complexity index is 981. The van der Waals surface area contributed by atoms with Crippen molar-refractivity contribution in [1.29, 1.82) is 0 Å². The molecule has 0 saturated carbocycles. The number of carbonyl (C=O) groups excluding carboxylic acids is 3. The van der Waals surface area contributed by atoms with E-state index in [0.717, 1.165) is 0 Å². The molecule has 0 aromatic heterocycles. The van der Waals surface area contributed by atoms with Crippen LogP contribution in [0.4, 0.5) is 0 Å². The van der Waals surface area contributed by atoms with Gasteiger partial charge >= 0.3 is 5.97 Å². The number of amides is 2. The largest absolute Gasteiger partial charge is 0.496 e. The predicted molar refractivity (Wildman–Crippen MR) is 117 cm³/mol. The van der Waals surface area contributed by atoms with Crippen molar-refractivity contribution in [3.05, 3.63) is 52.5 Å². The zero-order valence-corrected chi connectivity index (χ0v) is 18.9. The van der Waals surface area contributed by atoms with Gasteiger partial charge in [0, 0.05) is 18.2 Å². The molecule has 0 spiro atoms. The molecule has 2 aromatic rings. The first kappa shape index (κ1) is 24.8. The molecule has 32 heavy (non-hydrogen) atoms. The zero-order valence-electron chi connectivity index (χ0n) is 18.2. The van der Waals surface area contributed by atoms with Crippen LogP contribution in [0.25, 0.3) is 0 Å². The van der Waals surface area contributed by atoms with Gasteiger partial charge in [0.25, 0.3) is 11.8 Å². The molecular formula is C22H25ClN2O7. The van der Waals surface area contributed by atoms with Gasteiger partial charge in [-0.1, -0.05) is 23.7 Å². The Morgan fingerprint density at radius 1 is 0.969 bits per heavy atom. The number of nitrogens with one attached hydrogen (secondary N) is 2. The lowest BCUT2D eigenvalue weighted by Gasteiger charge is -2.15. The highest BCUT2D eigenvalue weighted by Crippen LogP contribution is 2.34. The summed E-state index contributed by atoms with van der Waals surface area (Å²) in [4.78, 5) is 36.5. The molecule has 2 amide bonds. The van der Waals surface area contributed by atoms with Crippen molar-refractivity contribution in [3.63, 3.8) is 0 Å². The summed E-state index contributed by atoms with van der Waals surface area (Å²) < 4.78 is 20.8. The van der Waals surface area contributed by atoms with E-state index in [9.17, 15) is 14.4 Å². The summed E-state index contributed by atoms with van der Waals surface area (Å²) in [6.45, 7) is 1.04. The summed E-state index contributed by atoms with van der Waals surface area (Å²) in [5, 5.41) is 5.38. The summed E-state index contributed by atoms with van der Waals surface area (Å²) >= 11 is 5.97. The number of hydrogen-bond acceptors (Lipinski definition) is 7. The maximum Gasteiger partial charge on any atom is 0.328 e. The number of halogens is 1. The number of esters is 1. The van der Waals surface area contributed by atoms with Gasteiger partial charge in [-0.15, -0.1) is 0 Å². The molecule has 0 aliphatic rings. The Kier molecular flexibility index (Phi) is 9.15. The van der Waals surface area contributed by atoms with E-state index in [4.69, 9.17) is 30.5 Å². The second-order valence-corrected chi connectivity index (χ2v) is 6.99. The van der Waals surface area contributed by atoms with Crippen LogP contribution in [0.3, 0.4) is 0 Å². The van der Waals surface area contributed by atoms with Gasteiger partial charge in [0.15, 0.2) is 18.1 Å². The minimum Gasteiger partial charge on any atom is -0.496 e. The maximum atomic E-state index is 12.2. The molecule has 10 heteroatoms. The summed E-state index contributed by atoms with van der Waals surface area (Å²) in [5.74, 6) is -0.349.